The van der Waals surface area contributed by atoms with Gasteiger partial charge in [-0.2, -0.15) is 0 Å². The van der Waals surface area contributed by atoms with Gasteiger partial charge < -0.3 is 70.2 Å². The lowest BCUT2D eigenvalue weighted by Gasteiger charge is -2.23. The van der Waals surface area contributed by atoms with Crippen LogP contribution < -0.4 is 32.9 Å². The van der Waals surface area contributed by atoms with Crippen molar-refractivity contribution in [2.45, 2.75) is 18.9 Å². The molecule has 1 atom stereocenters. The zero-order valence-electron chi connectivity index (χ0n) is 27.4. The Labute approximate surface area is 298 Å². The van der Waals surface area contributed by atoms with Crippen molar-refractivity contribution in [2.24, 2.45) is 5.73 Å². The third kappa shape index (κ3) is 53.7. The van der Waals surface area contributed by atoms with Gasteiger partial charge in [0.1, 0.15) is 55.4 Å². The van der Waals surface area contributed by atoms with Crippen molar-refractivity contribution in [1.29, 1.82) is 0 Å². The maximum Gasteiger partial charge on any atom is 0.316 e. The SMILES string of the molecule is C[N+](C)(C)CCOC(=O)CBr.C[N+](C)(C)CCOC(=O)CBr.C[N+](C)(C)CCOC(=O)CBr.N[C@@H](CCC(=O)[O-])C(=O)[O-].[Br-]. The molecule has 264 valence electrons. The van der Waals surface area contributed by atoms with Crippen LogP contribution in [-0.2, 0) is 38.2 Å². The van der Waals surface area contributed by atoms with Crippen molar-refractivity contribution in [2.75, 3.05) is 119 Å². The lowest BCUT2D eigenvalue weighted by atomic mass is 10.2. The van der Waals surface area contributed by atoms with Gasteiger partial charge in [-0.3, -0.25) is 14.4 Å². The van der Waals surface area contributed by atoms with E-state index in [4.69, 9.17) is 19.9 Å². The fraction of sp³-hybridized carbons (Fsp3) is 0.808. The zero-order valence-corrected chi connectivity index (χ0v) is 33.7. The van der Waals surface area contributed by atoms with Crippen molar-refractivity contribution in [3.8, 4) is 0 Å². The second kappa shape index (κ2) is 29.5. The van der Waals surface area contributed by atoms with Gasteiger partial charge in [0, 0.05) is 12.0 Å². The number of ether oxygens (including phenoxy) is 3. The lowest BCUT2D eigenvalue weighted by molar-refractivity contribution is -0.870. The predicted octanol–water partition coefficient (Wildman–Crippen LogP) is -4.51. The van der Waals surface area contributed by atoms with E-state index >= 15 is 0 Å². The van der Waals surface area contributed by atoms with Crippen LogP contribution in [0.1, 0.15) is 12.8 Å². The normalized spacial score (nSPS) is 11.3. The molecule has 0 saturated carbocycles. The average molecular weight is 900 g/mol. The first-order valence-corrected chi connectivity index (χ1v) is 16.5. The van der Waals surface area contributed by atoms with E-state index in [2.05, 4.69) is 111 Å². The van der Waals surface area contributed by atoms with Crippen molar-refractivity contribution < 1.29 is 78.8 Å². The van der Waals surface area contributed by atoms with Crippen LogP contribution in [0.4, 0.5) is 0 Å². The number of esters is 3. The smallest absolute Gasteiger partial charge is 0.316 e. The number of carbonyl (C=O) groups is 5. The number of alkyl halides is 3. The largest absolute Gasteiger partial charge is 1.00 e. The van der Waals surface area contributed by atoms with Crippen molar-refractivity contribution in [3.63, 3.8) is 0 Å². The number of aliphatic carboxylic acids is 2. The predicted molar refractivity (Wildman–Crippen MR) is 170 cm³/mol. The summed E-state index contributed by atoms with van der Waals surface area (Å²) >= 11 is 9.05. The third-order valence-electron chi connectivity index (χ3n) is 4.37. The number of nitrogens with zero attached hydrogens (tertiary/aromatic N) is 3. The molecule has 0 aliphatic rings. The first-order chi connectivity index (χ1) is 19.4. The van der Waals surface area contributed by atoms with Crippen LogP contribution >= 0.6 is 47.8 Å². The minimum absolute atomic E-state index is 0. The minimum Gasteiger partial charge on any atom is -1.00 e. The number of halogens is 4. The molecular weight excluding hydrogens is 848 g/mol. The zero-order chi connectivity index (χ0) is 34.9. The van der Waals surface area contributed by atoms with Crippen LogP contribution in [0.5, 0.6) is 0 Å². The van der Waals surface area contributed by atoms with Gasteiger partial charge >= 0.3 is 17.9 Å². The van der Waals surface area contributed by atoms with E-state index in [1.807, 2.05) is 0 Å². The molecule has 0 fully saturated rings. The summed E-state index contributed by atoms with van der Waals surface area (Å²) in [5, 5.41) is 20.5. The summed E-state index contributed by atoms with van der Waals surface area (Å²) in [6.07, 6.45) is -0.500. The molecule has 18 heteroatoms. The Hall–Kier alpha value is -0.890. The standard InChI is InChI=1S/3C7H15BrNO2.C5H9NO4.BrH/c3*1-9(2,3)4-5-11-7(10)6-8;6-3(5(9)10)1-2-4(7)8;/h3*4-6H2,1-3H3;3H,1-2,6H2,(H,7,8)(H,9,10);1H/q3*+1;;/p-3/t;;;3-;/m...0./s1. The van der Waals surface area contributed by atoms with Crippen LogP contribution in [0.3, 0.4) is 0 Å². The van der Waals surface area contributed by atoms with Gasteiger partial charge in [0.05, 0.1) is 69.4 Å². The van der Waals surface area contributed by atoms with Gasteiger partial charge in [0.2, 0.25) is 0 Å². The van der Waals surface area contributed by atoms with Crippen LogP contribution in [0.25, 0.3) is 0 Å². The molecule has 0 bridgehead atoms. The molecule has 0 aliphatic heterocycles. The highest BCUT2D eigenvalue weighted by molar-refractivity contribution is 9.09. The van der Waals surface area contributed by atoms with E-state index in [9.17, 15) is 34.2 Å². The second-order valence-corrected chi connectivity index (χ2v) is 13.6. The highest BCUT2D eigenvalue weighted by Gasteiger charge is 2.09. The number of nitrogens with two attached hydrogens (primary N) is 1. The summed E-state index contributed by atoms with van der Waals surface area (Å²) < 4.78 is 17.0. The lowest BCUT2D eigenvalue weighted by Crippen LogP contribution is -3.00. The summed E-state index contributed by atoms with van der Waals surface area (Å²) in [7, 11) is 18.5. The monoisotopic (exact) mass is 896 g/mol. The molecule has 0 amide bonds. The third-order valence-corrected chi connectivity index (χ3v) is 5.74. The molecule has 0 unspecified atom stereocenters. The number of rotatable bonds is 16. The number of hydrogen-bond donors (Lipinski definition) is 1. The van der Waals surface area contributed by atoms with Crippen LogP contribution in [0, 0.1) is 0 Å². The topological polar surface area (TPSA) is 185 Å². The maximum absolute atomic E-state index is 10.6. The number of hydrogen-bond acceptors (Lipinski definition) is 11. The Balaban J connectivity index is -0.000000153. The Kier molecular flexibility index (Phi) is 35.3. The Morgan fingerprint density at radius 1 is 0.614 bits per heavy atom. The Bertz CT molecular complexity index is 727. The highest BCUT2D eigenvalue weighted by Crippen LogP contribution is 1.93. The van der Waals surface area contributed by atoms with Crippen molar-refractivity contribution in [1.82, 2.24) is 0 Å². The maximum atomic E-state index is 10.6. The molecule has 0 radical (unpaired) electrons. The van der Waals surface area contributed by atoms with Gasteiger partial charge in [-0.05, 0) is 12.8 Å². The van der Waals surface area contributed by atoms with Gasteiger partial charge in [0.15, 0.2) is 0 Å². The molecule has 0 aromatic carbocycles. The number of carbonyl (C=O) groups excluding carboxylic acids is 5. The van der Waals surface area contributed by atoms with E-state index in [-0.39, 0.29) is 63.7 Å². The molecule has 0 heterocycles. The van der Waals surface area contributed by atoms with E-state index in [1.54, 1.807) is 0 Å². The Morgan fingerprint density at radius 2 is 0.864 bits per heavy atom. The van der Waals surface area contributed by atoms with Gasteiger partial charge in [-0.15, -0.1) is 0 Å². The second-order valence-electron chi connectivity index (χ2n) is 11.9. The van der Waals surface area contributed by atoms with Crippen LogP contribution in [0.15, 0.2) is 0 Å². The summed E-state index contributed by atoms with van der Waals surface area (Å²) in [5.74, 6) is -3.34. The number of carboxylic acid groups (broad SMARTS) is 2. The molecule has 44 heavy (non-hydrogen) atoms. The molecule has 2 N–H and O–H groups in total. The molecule has 0 aromatic heterocycles. The van der Waals surface area contributed by atoms with E-state index in [1.165, 1.54) is 0 Å². The molecule has 14 nitrogen and oxygen atoms in total. The van der Waals surface area contributed by atoms with E-state index < -0.39 is 18.0 Å². The number of carboxylic acids is 2. The van der Waals surface area contributed by atoms with Crippen LogP contribution in [0.2, 0.25) is 0 Å². The van der Waals surface area contributed by atoms with Gasteiger partial charge in [-0.1, -0.05) is 47.8 Å². The van der Waals surface area contributed by atoms with Gasteiger partial charge in [-0.25, -0.2) is 0 Å². The first-order valence-electron chi connectivity index (χ1n) is 13.1. The van der Waals surface area contributed by atoms with Crippen molar-refractivity contribution in [3.05, 3.63) is 0 Å². The molecule has 0 rings (SSSR count). The summed E-state index contributed by atoms with van der Waals surface area (Å²) in [4.78, 5) is 51.5. The molecule has 0 saturated heterocycles. The molecule has 0 aliphatic carbocycles. The average Bonchev–Trinajstić information content (AvgIpc) is 2.85. The fourth-order valence-electron chi connectivity index (χ4n) is 1.81. The summed E-state index contributed by atoms with van der Waals surface area (Å²) in [6, 6.07) is -1.21. The number of quaternary nitrogens is 3. The summed E-state index contributed by atoms with van der Waals surface area (Å²) in [5.41, 5.74) is 4.91. The van der Waals surface area contributed by atoms with E-state index in [0.29, 0.717) is 19.8 Å². The van der Waals surface area contributed by atoms with Crippen LogP contribution in [-0.4, -0.2) is 168 Å². The first kappa shape index (κ1) is 52.6. The quantitative estimate of drug-likeness (QED) is 0.0682. The molecule has 0 aromatic rings. The highest BCUT2D eigenvalue weighted by atomic mass is 79.9. The van der Waals surface area contributed by atoms with E-state index in [0.717, 1.165) is 33.1 Å². The molecular formula is C26H52Br4N4O10. The Morgan fingerprint density at radius 3 is 1.02 bits per heavy atom. The fourth-order valence-corrected chi connectivity index (χ4v) is 2.29. The molecule has 0 spiro atoms. The van der Waals surface area contributed by atoms with Crippen molar-refractivity contribution >= 4 is 77.6 Å². The van der Waals surface area contributed by atoms with Gasteiger partial charge in [0.25, 0.3) is 0 Å². The number of likely N-dealkylation sites (N-methyl/N-ethyl adjacent to an activating group) is 3. The minimum atomic E-state index is -1.44. The summed E-state index contributed by atoms with van der Waals surface area (Å²) in [6.45, 7) is 4.02.